The summed E-state index contributed by atoms with van der Waals surface area (Å²) >= 11 is 0. The molecule has 0 spiro atoms. The Kier molecular flexibility index (Phi) is 1.58. The van der Waals surface area contributed by atoms with Crippen molar-refractivity contribution in [1.82, 2.24) is 10.2 Å². The van der Waals surface area contributed by atoms with Crippen molar-refractivity contribution >= 4 is 6.01 Å². The lowest BCUT2D eigenvalue weighted by atomic mass is 9.67. The van der Waals surface area contributed by atoms with Gasteiger partial charge in [-0.05, 0) is 18.3 Å². The summed E-state index contributed by atoms with van der Waals surface area (Å²) in [5, 5.41) is 7.85. The summed E-state index contributed by atoms with van der Waals surface area (Å²) in [6, 6.07) is 1.05. The third-order valence-corrected chi connectivity index (χ3v) is 3.39. The Morgan fingerprint density at radius 3 is 2.57 bits per heavy atom. The van der Waals surface area contributed by atoms with E-state index in [1.54, 1.807) is 0 Å². The third kappa shape index (κ3) is 1.05. The van der Waals surface area contributed by atoms with Crippen LogP contribution < -0.4 is 10.6 Å². The first kappa shape index (κ1) is 8.23. The highest BCUT2D eigenvalue weighted by Crippen LogP contribution is 2.39. The Bertz CT molecular complexity index is 338. The van der Waals surface area contributed by atoms with Gasteiger partial charge in [-0.25, -0.2) is 0 Å². The average Bonchev–Trinajstić information content (AvgIpc) is 2.64. The molecule has 2 unspecified atom stereocenters. The van der Waals surface area contributed by atoms with Crippen molar-refractivity contribution in [1.29, 1.82) is 0 Å². The second-order valence-corrected chi connectivity index (χ2v) is 4.34. The van der Waals surface area contributed by atoms with E-state index in [0.717, 1.165) is 13.1 Å². The zero-order valence-corrected chi connectivity index (χ0v) is 8.18. The van der Waals surface area contributed by atoms with Crippen LogP contribution in [0.5, 0.6) is 0 Å². The standard InChI is InChI=1S/C9H14N4O/c1-5-11-12-9(14-5)13-3-6-2-7(4-13)8(6)10/h6-8H,2-4,10H2,1H3. The molecule has 1 aromatic rings. The first-order chi connectivity index (χ1) is 6.74. The molecular weight excluding hydrogens is 180 g/mol. The van der Waals surface area contributed by atoms with Crippen LogP contribution in [0, 0.1) is 18.8 Å². The van der Waals surface area contributed by atoms with Crippen molar-refractivity contribution < 1.29 is 4.42 Å². The van der Waals surface area contributed by atoms with E-state index in [1.807, 2.05) is 6.92 Å². The third-order valence-electron chi connectivity index (χ3n) is 3.39. The SMILES string of the molecule is Cc1nnc(N2CC3CC(C2)C3N)o1. The number of rotatable bonds is 1. The normalized spacial score (nSPS) is 35.6. The van der Waals surface area contributed by atoms with Gasteiger partial charge in [0, 0.05) is 26.1 Å². The number of aryl methyl sites for hydroxylation is 1. The van der Waals surface area contributed by atoms with Crippen LogP contribution in [0.15, 0.2) is 4.42 Å². The fourth-order valence-electron chi connectivity index (χ4n) is 2.50. The van der Waals surface area contributed by atoms with E-state index in [0.29, 0.717) is 29.8 Å². The Hall–Kier alpha value is -1.10. The summed E-state index contributed by atoms with van der Waals surface area (Å²) in [7, 11) is 0. The molecule has 4 rings (SSSR count). The quantitative estimate of drug-likeness (QED) is 0.689. The monoisotopic (exact) mass is 194 g/mol. The fourth-order valence-corrected chi connectivity index (χ4v) is 2.50. The predicted octanol–water partition coefficient (Wildman–Crippen LogP) is 0.161. The minimum Gasteiger partial charge on any atom is -0.408 e. The van der Waals surface area contributed by atoms with Crippen LogP contribution in [0.25, 0.3) is 0 Å². The van der Waals surface area contributed by atoms with Crippen molar-refractivity contribution in [2.45, 2.75) is 19.4 Å². The van der Waals surface area contributed by atoms with Gasteiger partial charge >= 0.3 is 6.01 Å². The summed E-state index contributed by atoms with van der Waals surface area (Å²) in [4.78, 5) is 2.15. The van der Waals surface area contributed by atoms with Gasteiger partial charge in [-0.3, -0.25) is 0 Å². The van der Waals surface area contributed by atoms with Gasteiger partial charge < -0.3 is 15.1 Å². The largest absolute Gasteiger partial charge is 0.408 e. The summed E-state index contributed by atoms with van der Waals surface area (Å²) < 4.78 is 5.39. The molecule has 2 saturated heterocycles. The summed E-state index contributed by atoms with van der Waals surface area (Å²) in [5.74, 6) is 1.88. The highest BCUT2D eigenvalue weighted by atomic mass is 16.4. The molecule has 5 heteroatoms. The lowest BCUT2D eigenvalue weighted by Crippen LogP contribution is -2.62. The highest BCUT2D eigenvalue weighted by Gasteiger charge is 2.45. The topological polar surface area (TPSA) is 68.2 Å². The van der Waals surface area contributed by atoms with Crippen molar-refractivity contribution in [3.8, 4) is 0 Å². The fraction of sp³-hybridized carbons (Fsp3) is 0.778. The van der Waals surface area contributed by atoms with Gasteiger partial charge in [-0.15, -0.1) is 5.10 Å². The molecule has 2 aliphatic heterocycles. The number of fused-ring (bicyclic) bond motifs is 2. The Morgan fingerprint density at radius 1 is 1.36 bits per heavy atom. The molecule has 14 heavy (non-hydrogen) atoms. The molecule has 0 amide bonds. The molecular formula is C9H14N4O. The van der Waals surface area contributed by atoms with Gasteiger partial charge in [0.05, 0.1) is 0 Å². The number of nitrogens with zero attached hydrogens (tertiary/aromatic N) is 3. The smallest absolute Gasteiger partial charge is 0.318 e. The van der Waals surface area contributed by atoms with Crippen LogP contribution >= 0.6 is 0 Å². The van der Waals surface area contributed by atoms with Gasteiger partial charge in [0.1, 0.15) is 0 Å². The summed E-state index contributed by atoms with van der Waals surface area (Å²) in [6.45, 7) is 3.76. The minimum atomic E-state index is 0.398. The second-order valence-electron chi connectivity index (χ2n) is 4.34. The van der Waals surface area contributed by atoms with Gasteiger partial charge in [0.2, 0.25) is 5.89 Å². The van der Waals surface area contributed by atoms with Gasteiger partial charge in [-0.2, -0.15) is 0 Å². The number of nitrogens with two attached hydrogens (primary N) is 1. The van der Waals surface area contributed by atoms with E-state index in [1.165, 1.54) is 6.42 Å². The van der Waals surface area contributed by atoms with Crippen LogP contribution in [-0.2, 0) is 0 Å². The Labute approximate surface area is 82.3 Å². The van der Waals surface area contributed by atoms with Crippen LogP contribution in [-0.4, -0.2) is 29.3 Å². The molecule has 0 radical (unpaired) electrons. The molecule has 1 saturated carbocycles. The molecule has 3 aliphatic rings. The van der Waals surface area contributed by atoms with Crippen LogP contribution in [0.2, 0.25) is 0 Å². The van der Waals surface area contributed by atoms with Crippen molar-refractivity contribution in [2.75, 3.05) is 18.0 Å². The molecule has 1 aromatic heterocycles. The maximum absolute atomic E-state index is 5.98. The Balaban J connectivity index is 1.77. The van der Waals surface area contributed by atoms with Crippen molar-refractivity contribution in [3.05, 3.63) is 5.89 Å². The molecule has 5 nitrogen and oxygen atoms in total. The van der Waals surface area contributed by atoms with Crippen molar-refractivity contribution in [3.63, 3.8) is 0 Å². The maximum atomic E-state index is 5.98. The van der Waals surface area contributed by atoms with E-state index >= 15 is 0 Å². The molecule has 1 aliphatic carbocycles. The molecule has 2 N–H and O–H groups in total. The van der Waals surface area contributed by atoms with Crippen LogP contribution in [0.1, 0.15) is 12.3 Å². The zero-order chi connectivity index (χ0) is 9.71. The van der Waals surface area contributed by atoms with Crippen LogP contribution in [0.4, 0.5) is 6.01 Å². The number of piperidine rings is 2. The molecule has 2 bridgehead atoms. The minimum absolute atomic E-state index is 0.398. The molecule has 3 fully saturated rings. The second kappa shape index (κ2) is 2.70. The average molecular weight is 194 g/mol. The zero-order valence-electron chi connectivity index (χ0n) is 8.18. The van der Waals surface area contributed by atoms with E-state index < -0.39 is 0 Å². The van der Waals surface area contributed by atoms with E-state index in [4.69, 9.17) is 10.2 Å². The van der Waals surface area contributed by atoms with E-state index in [2.05, 4.69) is 15.1 Å². The first-order valence-corrected chi connectivity index (χ1v) is 5.04. The van der Waals surface area contributed by atoms with Gasteiger partial charge in [0.25, 0.3) is 0 Å². The summed E-state index contributed by atoms with van der Waals surface area (Å²) in [5.41, 5.74) is 5.98. The van der Waals surface area contributed by atoms with Crippen LogP contribution in [0.3, 0.4) is 0 Å². The number of anilines is 1. The maximum Gasteiger partial charge on any atom is 0.318 e. The van der Waals surface area contributed by atoms with Gasteiger partial charge in [0.15, 0.2) is 0 Å². The number of aromatic nitrogens is 2. The molecule has 2 atom stereocenters. The predicted molar refractivity (Wildman–Crippen MR) is 50.8 cm³/mol. The van der Waals surface area contributed by atoms with Crippen molar-refractivity contribution in [2.24, 2.45) is 17.6 Å². The lowest BCUT2D eigenvalue weighted by molar-refractivity contribution is 0.112. The van der Waals surface area contributed by atoms with E-state index in [9.17, 15) is 0 Å². The first-order valence-electron chi connectivity index (χ1n) is 5.04. The lowest BCUT2D eigenvalue weighted by Gasteiger charge is -2.51. The molecule has 76 valence electrons. The highest BCUT2D eigenvalue weighted by molar-refractivity contribution is 5.29. The van der Waals surface area contributed by atoms with Gasteiger partial charge in [-0.1, -0.05) is 5.10 Å². The number of hydrogen-bond donors (Lipinski definition) is 1. The summed E-state index contributed by atoms with van der Waals surface area (Å²) in [6.07, 6.45) is 1.27. The molecule has 3 heterocycles. The Morgan fingerprint density at radius 2 is 2.07 bits per heavy atom. The van der Waals surface area contributed by atoms with E-state index in [-0.39, 0.29) is 0 Å². The molecule has 0 aromatic carbocycles. The number of hydrogen-bond acceptors (Lipinski definition) is 5.